The van der Waals surface area contributed by atoms with Crippen molar-refractivity contribution in [2.45, 2.75) is 37.4 Å². The summed E-state index contributed by atoms with van der Waals surface area (Å²) in [6.07, 6.45) is 1.57. The Hall–Kier alpha value is -1.92. The fraction of sp³-hybridized carbons (Fsp3) is 0.458. The maximum atomic E-state index is 13.4. The van der Waals surface area contributed by atoms with Crippen molar-refractivity contribution >= 4 is 23.2 Å². The Kier molecular flexibility index (Phi) is 5.54. The first-order valence-electron chi connectivity index (χ1n) is 10.8. The summed E-state index contributed by atoms with van der Waals surface area (Å²) in [5.41, 5.74) is 3.23. The molecule has 2 fully saturated rings. The van der Waals surface area contributed by atoms with Crippen LogP contribution in [0, 0.1) is 5.92 Å². The van der Waals surface area contributed by atoms with E-state index in [2.05, 4.69) is 11.0 Å². The Balaban J connectivity index is 1.45. The Morgan fingerprint density at radius 2 is 1.83 bits per heavy atom. The average molecular weight is 427 g/mol. The highest BCUT2D eigenvalue weighted by atomic mass is 35.5. The van der Waals surface area contributed by atoms with Crippen molar-refractivity contribution in [1.82, 2.24) is 4.90 Å². The highest BCUT2D eigenvalue weighted by Gasteiger charge is 2.53. The first-order chi connectivity index (χ1) is 14.7. The van der Waals surface area contributed by atoms with Gasteiger partial charge in [0.1, 0.15) is 0 Å². The first-order valence-corrected chi connectivity index (χ1v) is 11.1. The van der Waals surface area contributed by atoms with E-state index in [0.29, 0.717) is 26.3 Å². The number of rotatable bonds is 4. The minimum Gasteiger partial charge on any atom is -0.395 e. The van der Waals surface area contributed by atoms with Crippen LogP contribution in [0.4, 0.5) is 5.69 Å². The number of ether oxygens (including phenoxy) is 1. The largest absolute Gasteiger partial charge is 0.395 e. The van der Waals surface area contributed by atoms with E-state index in [0.717, 1.165) is 29.1 Å². The van der Waals surface area contributed by atoms with Gasteiger partial charge in [-0.25, -0.2) is 0 Å². The van der Waals surface area contributed by atoms with Gasteiger partial charge in [-0.1, -0.05) is 48.0 Å². The number of aliphatic hydroxyl groups is 1. The third-order valence-electron chi connectivity index (χ3n) is 6.97. The quantitative estimate of drug-likeness (QED) is 0.813. The number of hydrogen-bond acceptors (Lipinski definition) is 4. The molecular formula is C24H27ClN2O3. The fourth-order valence-electron chi connectivity index (χ4n) is 5.40. The number of hydrogen-bond donors (Lipinski definition) is 1. The van der Waals surface area contributed by atoms with Crippen LogP contribution >= 0.6 is 11.6 Å². The van der Waals surface area contributed by atoms with E-state index in [-0.39, 0.29) is 36.4 Å². The van der Waals surface area contributed by atoms with Gasteiger partial charge < -0.3 is 14.7 Å². The molecule has 0 spiro atoms. The summed E-state index contributed by atoms with van der Waals surface area (Å²) in [6.45, 7) is 2.73. The second-order valence-electron chi connectivity index (χ2n) is 8.50. The molecule has 0 aromatic heterocycles. The van der Waals surface area contributed by atoms with E-state index in [1.54, 1.807) is 0 Å². The van der Waals surface area contributed by atoms with Gasteiger partial charge >= 0.3 is 0 Å². The maximum absolute atomic E-state index is 13.4. The molecule has 2 aromatic rings. The van der Waals surface area contributed by atoms with Gasteiger partial charge in [0, 0.05) is 60.9 Å². The second kappa shape index (κ2) is 8.31. The predicted octanol–water partition coefficient (Wildman–Crippen LogP) is 3.44. The lowest BCUT2D eigenvalue weighted by molar-refractivity contribution is -0.126. The van der Waals surface area contributed by atoms with Crippen molar-refractivity contribution in [3.05, 3.63) is 64.7 Å². The minimum atomic E-state index is 0.0223. The third-order valence-corrected chi connectivity index (χ3v) is 7.34. The normalized spacial score (nSPS) is 26.6. The number of fused-ring (bicyclic) bond motifs is 3. The van der Waals surface area contributed by atoms with Crippen molar-refractivity contribution in [3.8, 4) is 0 Å². The van der Waals surface area contributed by atoms with Crippen molar-refractivity contribution < 1.29 is 14.6 Å². The number of halogens is 1. The molecule has 2 saturated heterocycles. The molecule has 0 aliphatic carbocycles. The van der Waals surface area contributed by atoms with Crippen LogP contribution in [0.15, 0.2) is 48.5 Å². The van der Waals surface area contributed by atoms with Crippen LogP contribution in [0.2, 0.25) is 5.02 Å². The summed E-state index contributed by atoms with van der Waals surface area (Å²) in [5.74, 6) is 0.454. The molecule has 0 bridgehead atoms. The number of nitrogens with zero attached hydrogens (tertiary/aromatic N) is 2. The molecular weight excluding hydrogens is 400 g/mol. The number of amides is 1. The molecule has 1 N–H and O–H groups in total. The zero-order chi connectivity index (χ0) is 20.7. The van der Waals surface area contributed by atoms with Gasteiger partial charge in [0.2, 0.25) is 5.91 Å². The molecule has 158 valence electrons. The zero-order valence-corrected chi connectivity index (χ0v) is 17.7. The molecule has 5 rings (SSSR count). The lowest BCUT2D eigenvalue weighted by atomic mass is 9.71. The highest BCUT2D eigenvalue weighted by Crippen LogP contribution is 2.49. The lowest BCUT2D eigenvalue weighted by Gasteiger charge is -2.59. The van der Waals surface area contributed by atoms with Crippen LogP contribution < -0.4 is 4.90 Å². The van der Waals surface area contributed by atoms with Crippen molar-refractivity contribution in [3.63, 3.8) is 0 Å². The summed E-state index contributed by atoms with van der Waals surface area (Å²) in [5, 5.41) is 10.9. The van der Waals surface area contributed by atoms with Crippen molar-refractivity contribution in [1.29, 1.82) is 0 Å². The Labute approximate surface area is 182 Å². The highest BCUT2D eigenvalue weighted by molar-refractivity contribution is 6.31. The van der Waals surface area contributed by atoms with Gasteiger partial charge in [0.15, 0.2) is 0 Å². The maximum Gasteiger partial charge on any atom is 0.230 e. The Bertz CT molecular complexity index is 930. The van der Waals surface area contributed by atoms with E-state index in [1.165, 1.54) is 5.56 Å². The molecule has 0 saturated carbocycles. The van der Waals surface area contributed by atoms with Crippen LogP contribution in [-0.2, 0) is 16.1 Å². The molecule has 1 amide bonds. The molecule has 0 unspecified atom stereocenters. The molecule has 30 heavy (non-hydrogen) atoms. The van der Waals surface area contributed by atoms with E-state index in [9.17, 15) is 9.90 Å². The Morgan fingerprint density at radius 3 is 2.60 bits per heavy atom. The summed E-state index contributed by atoms with van der Waals surface area (Å²) >= 11 is 6.41. The Morgan fingerprint density at radius 1 is 1.10 bits per heavy atom. The zero-order valence-electron chi connectivity index (χ0n) is 16.9. The van der Waals surface area contributed by atoms with Gasteiger partial charge in [0.25, 0.3) is 0 Å². The SMILES string of the molecule is O=C(C1CCOCC1)N1C[C@H]2[C@@H](c3ccccc31)[C@H](CO)N2Cc1ccccc1Cl. The molecule has 2 aromatic carbocycles. The third kappa shape index (κ3) is 3.34. The van der Waals surface area contributed by atoms with E-state index >= 15 is 0 Å². The number of likely N-dealkylation sites (tertiary alicyclic amines) is 1. The van der Waals surface area contributed by atoms with Crippen LogP contribution in [0.3, 0.4) is 0 Å². The van der Waals surface area contributed by atoms with Gasteiger partial charge in [-0.2, -0.15) is 0 Å². The average Bonchev–Trinajstić information content (AvgIpc) is 2.78. The monoisotopic (exact) mass is 426 g/mol. The summed E-state index contributed by atoms with van der Waals surface area (Å²) in [6, 6.07) is 16.3. The van der Waals surface area contributed by atoms with Crippen LogP contribution in [0.25, 0.3) is 0 Å². The fourth-order valence-corrected chi connectivity index (χ4v) is 5.59. The van der Waals surface area contributed by atoms with Crippen LogP contribution in [0.1, 0.15) is 29.9 Å². The molecule has 3 aliphatic heterocycles. The van der Waals surface area contributed by atoms with Crippen molar-refractivity contribution in [2.24, 2.45) is 5.92 Å². The number of benzene rings is 2. The lowest BCUT2D eigenvalue weighted by Crippen LogP contribution is -2.69. The van der Waals surface area contributed by atoms with Gasteiger partial charge in [-0.3, -0.25) is 9.69 Å². The second-order valence-corrected chi connectivity index (χ2v) is 8.91. The van der Waals surface area contributed by atoms with E-state index in [1.807, 2.05) is 47.4 Å². The molecule has 3 atom stereocenters. The summed E-state index contributed by atoms with van der Waals surface area (Å²) in [4.78, 5) is 17.7. The molecule has 0 radical (unpaired) electrons. The smallest absolute Gasteiger partial charge is 0.230 e. The number of anilines is 1. The van der Waals surface area contributed by atoms with Gasteiger partial charge in [-0.15, -0.1) is 0 Å². The predicted molar refractivity (Wildman–Crippen MR) is 117 cm³/mol. The van der Waals surface area contributed by atoms with Crippen LogP contribution in [0.5, 0.6) is 0 Å². The van der Waals surface area contributed by atoms with Crippen LogP contribution in [-0.4, -0.2) is 54.4 Å². The molecule has 3 heterocycles. The molecule has 5 nitrogen and oxygen atoms in total. The van der Waals surface area contributed by atoms with E-state index < -0.39 is 0 Å². The van der Waals surface area contributed by atoms with Gasteiger partial charge in [-0.05, 0) is 36.1 Å². The number of para-hydroxylation sites is 1. The molecule has 6 heteroatoms. The number of aliphatic hydroxyl groups excluding tert-OH is 1. The van der Waals surface area contributed by atoms with Crippen molar-refractivity contribution in [2.75, 3.05) is 31.3 Å². The van der Waals surface area contributed by atoms with Gasteiger partial charge in [0.05, 0.1) is 6.61 Å². The summed E-state index contributed by atoms with van der Waals surface area (Å²) < 4.78 is 5.46. The summed E-state index contributed by atoms with van der Waals surface area (Å²) in [7, 11) is 0. The molecule has 3 aliphatic rings. The minimum absolute atomic E-state index is 0.0223. The van der Waals surface area contributed by atoms with E-state index in [4.69, 9.17) is 16.3 Å². The standard InChI is InChI=1S/C24H27ClN2O3/c25-19-7-3-1-5-17(19)13-26-21-14-27(24(29)16-9-11-30-12-10-16)20-8-4-2-6-18(20)23(21)22(26)15-28/h1-8,16,21-23,28H,9-15H2/t21-,22-,23+/m0/s1. The topological polar surface area (TPSA) is 53.0 Å². The number of carbonyl (C=O) groups excluding carboxylic acids is 1. The number of carbonyl (C=O) groups is 1. The first kappa shape index (κ1) is 20.0.